The highest BCUT2D eigenvalue weighted by atomic mass is 16.5. The molecule has 164 valence electrons. The van der Waals surface area contributed by atoms with Gasteiger partial charge in [-0.15, -0.1) is 0 Å². The van der Waals surface area contributed by atoms with Gasteiger partial charge in [0, 0.05) is 63.0 Å². The number of amides is 2. The summed E-state index contributed by atoms with van der Waals surface area (Å²) in [5, 5.41) is 3.11. The van der Waals surface area contributed by atoms with Gasteiger partial charge in [0.1, 0.15) is 0 Å². The van der Waals surface area contributed by atoms with Crippen LogP contribution in [-0.4, -0.2) is 73.1 Å². The van der Waals surface area contributed by atoms with Crippen LogP contribution in [0, 0.1) is 12.8 Å². The van der Waals surface area contributed by atoms with E-state index >= 15 is 0 Å². The Bertz CT molecular complexity index is 735. The van der Waals surface area contributed by atoms with Crippen molar-refractivity contribution in [1.82, 2.24) is 15.1 Å². The molecule has 2 aliphatic heterocycles. The van der Waals surface area contributed by atoms with Gasteiger partial charge in [0.25, 0.3) is 5.91 Å². The second-order valence-electron chi connectivity index (χ2n) is 9.04. The zero-order chi connectivity index (χ0) is 20.9. The maximum absolute atomic E-state index is 12.5. The van der Waals surface area contributed by atoms with E-state index in [0.717, 1.165) is 82.5 Å². The van der Waals surface area contributed by atoms with E-state index in [0.29, 0.717) is 30.5 Å². The summed E-state index contributed by atoms with van der Waals surface area (Å²) in [6.07, 6.45) is 6.31. The van der Waals surface area contributed by atoms with Crippen molar-refractivity contribution in [2.45, 2.75) is 57.5 Å². The number of piperidine rings is 1. The molecule has 4 rings (SSSR count). The van der Waals surface area contributed by atoms with Gasteiger partial charge in [0.2, 0.25) is 5.91 Å². The van der Waals surface area contributed by atoms with Crippen molar-refractivity contribution in [3.8, 4) is 0 Å². The summed E-state index contributed by atoms with van der Waals surface area (Å²) in [4.78, 5) is 29.6. The maximum Gasteiger partial charge on any atom is 0.251 e. The van der Waals surface area contributed by atoms with Crippen molar-refractivity contribution in [3.05, 3.63) is 35.4 Å². The highest BCUT2D eigenvalue weighted by Gasteiger charge is 2.37. The Kier molecular flexibility index (Phi) is 7.05. The summed E-state index contributed by atoms with van der Waals surface area (Å²) in [5.41, 5.74) is 1.82. The zero-order valence-corrected chi connectivity index (χ0v) is 18.1. The highest BCUT2D eigenvalue weighted by molar-refractivity contribution is 5.94. The quantitative estimate of drug-likeness (QED) is 0.746. The van der Waals surface area contributed by atoms with Crippen LogP contribution in [-0.2, 0) is 9.53 Å². The number of aryl methyl sites for hydroxylation is 1. The number of nitrogens with zero attached hydrogens (tertiary/aromatic N) is 2. The number of hydrogen-bond donors (Lipinski definition) is 1. The van der Waals surface area contributed by atoms with Crippen molar-refractivity contribution < 1.29 is 14.3 Å². The van der Waals surface area contributed by atoms with E-state index in [1.165, 1.54) is 0 Å². The minimum atomic E-state index is -0.00419. The summed E-state index contributed by atoms with van der Waals surface area (Å²) in [7, 11) is 0. The predicted molar refractivity (Wildman–Crippen MR) is 116 cm³/mol. The minimum Gasteiger partial charge on any atom is -0.381 e. The highest BCUT2D eigenvalue weighted by Crippen LogP contribution is 2.32. The molecule has 1 N–H and O–H groups in total. The Morgan fingerprint density at radius 1 is 1.07 bits per heavy atom. The Balaban J connectivity index is 1.32. The number of carbonyl (C=O) groups is 2. The van der Waals surface area contributed by atoms with Crippen LogP contribution in [0.2, 0.25) is 0 Å². The topological polar surface area (TPSA) is 61.9 Å². The lowest BCUT2D eigenvalue weighted by molar-refractivity contribution is -0.134. The van der Waals surface area contributed by atoms with Crippen LogP contribution in [0.15, 0.2) is 24.3 Å². The van der Waals surface area contributed by atoms with E-state index in [4.69, 9.17) is 4.74 Å². The molecular formula is C24H35N3O3. The van der Waals surface area contributed by atoms with Gasteiger partial charge in [0.05, 0.1) is 0 Å². The van der Waals surface area contributed by atoms with Crippen molar-refractivity contribution >= 4 is 11.8 Å². The number of carbonyl (C=O) groups excluding carboxylic acids is 2. The normalized spacial score (nSPS) is 21.1. The summed E-state index contributed by atoms with van der Waals surface area (Å²) < 4.78 is 5.58. The number of ether oxygens (including phenoxy) is 1. The summed E-state index contributed by atoms with van der Waals surface area (Å²) in [5.74, 6) is 0.678. The van der Waals surface area contributed by atoms with Gasteiger partial charge >= 0.3 is 0 Å². The monoisotopic (exact) mass is 413 g/mol. The molecule has 2 saturated heterocycles. The van der Waals surface area contributed by atoms with Gasteiger partial charge < -0.3 is 15.0 Å². The Morgan fingerprint density at radius 2 is 1.77 bits per heavy atom. The predicted octanol–water partition coefficient (Wildman–Crippen LogP) is 2.61. The largest absolute Gasteiger partial charge is 0.381 e. The van der Waals surface area contributed by atoms with E-state index in [9.17, 15) is 9.59 Å². The molecule has 0 spiro atoms. The van der Waals surface area contributed by atoms with Crippen LogP contribution in [0.1, 0.15) is 54.4 Å². The summed E-state index contributed by atoms with van der Waals surface area (Å²) >= 11 is 0. The van der Waals surface area contributed by atoms with E-state index < -0.39 is 0 Å². The van der Waals surface area contributed by atoms with Gasteiger partial charge in [-0.1, -0.05) is 17.7 Å². The van der Waals surface area contributed by atoms with E-state index in [-0.39, 0.29) is 5.91 Å². The minimum absolute atomic E-state index is 0.00419. The fraction of sp³-hybridized carbons (Fsp3) is 0.667. The smallest absolute Gasteiger partial charge is 0.251 e. The van der Waals surface area contributed by atoms with E-state index in [1.54, 1.807) is 0 Å². The molecule has 2 amide bonds. The molecule has 6 heteroatoms. The molecule has 1 aromatic rings. The molecule has 1 saturated carbocycles. The van der Waals surface area contributed by atoms with Crippen LogP contribution in [0.3, 0.4) is 0 Å². The zero-order valence-electron chi connectivity index (χ0n) is 18.1. The lowest BCUT2D eigenvalue weighted by Crippen LogP contribution is -2.53. The molecule has 6 nitrogen and oxygen atoms in total. The van der Waals surface area contributed by atoms with Crippen molar-refractivity contribution in [2.75, 3.05) is 39.4 Å². The molecule has 3 aliphatic rings. The third-order valence-electron chi connectivity index (χ3n) is 6.77. The average Bonchev–Trinajstić information content (AvgIpc) is 3.62. The first kappa shape index (κ1) is 21.3. The lowest BCUT2D eigenvalue weighted by Gasteiger charge is -2.43. The van der Waals surface area contributed by atoms with Crippen LogP contribution < -0.4 is 5.32 Å². The van der Waals surface area contributed by atoms with Gasteiger partial charge in [-0.05, 0) is 57.6 Å². The Hall–Kier alpha value is -1.92. The molecule has 1 aromatic carbocycles. The Morgan fingerprint density at radius 3 is 2.43 bits per heavy atom. The third-order valence-corrected chi connectivity index (χ3v) is 6.77. The lowest BCUT2D eigenvalue weighted by atomic mass is 9.97. The number of likely N-dealkylation sites (tertiary alicyclic amines) is 1. The molecule has 30 heavy (non-hydrogen) atoms. The molecule has 3 fully saturated rings. The van der Waals surface area contributed by atoms with Crippen molar-refractivity contribution in [1.29, 1.82) is 0 Å². The third kappa shape index (κ3) is 5.41. The fourth-order valence-electron chi connectivity index (χ4n) is 4.87. The molecule has 2 heterocycles. The number of hydrogen-bond acceptors (Lipinski definition) is 4. The molecular weight excluding hydrogens is 378 g/mol. The second kappa shape index (κ2) is 9.92. The number of nitrogens with one attached hydrogen (secondary N) is 1. The fourth-order valence-corrected chi connectivity index (χ4v) is 4.87. The average molecular weight is 414 g/mol. The molecule has 1 aliphatic carbocycles. The van der Waals surface area contributed by atoms with Crippen LogP contribution >= 0.6 is 0 Å². The second-order valence-corrected chi connectivity index (χ2v) is 9.04. The number of rotatable bonds is 7. The summed E-state index contributed by atoms with van der Waals surface area (Å²) in [6, 6.07) is 8.71. The Labute approximate surface area is 179 Å². The summed E-state index contributed by atoms with van der Waals surface area (Å²) in [6.45, 7) is 6.87. The molecule has 0 bridgehead atoms. The first-order chi connectivity index (χ1) is 14.6. The van der Waals surface area contributed by atoms with Crippen LogP contribution in [0.5, 0.6) is 0 Å². The molecule has 0 unspecified atom stereocenters. The van der Waals surface area contributed by atoms with E-state index in [2.05, 4.69) is 15.1 Å². The van der Waals surface area contributed by atoms with Gasteiger partial charge in [-0.2, -0.15) is 0 Å². The first-order valence-electron chi connectivity index (χ1n) is 11.6. The standard InChI is InChI=1S/C24H35N3O3/c1-18-3-2-4-20(17-18)23(28)25-11-14-27(22-9-15-30-16-10-22)21-7-12-26(13-8-21)24(29)19-5-6-19/h2-4,17,19,21-22H,5-16H2,1H3,(H,25,28). The van der Waals surface area contributed by atoms with E-state index in [1.807, 2.05) is 31.2 Å². The first-order valence-corrected chi connectivity index (χ1v) is 11.6. The van der Waals surface area contributed by atoms with Gasteiger partial charge in [-0.3, -0.25) is 14.5 Å². The molecule has 0 atom stereocenters. The van der Waals surface area contributed by atoms with Gasteiger partial charge in [0.15, 0.2) is 0 Å². The molecule has 0 radical (unpaired) electrons. The maximum atomic E-state index is 12.5. The molecule has 0 aromatic heterocycles. The van der Waals surface area contributed by atoms with Crippen LogP contribution in [0.4, 0.5) is 0 Å². The van der Waals surface area contributed by atoms with Crippen LogP contribution in [0.25, 0.3) is 0 Å². The SMILES string of the molecule is Cc1cccc(C(=O)NCCN(C2CCOCC2)C2CCN(C(=O)C3CC3)CC2)c1. The van der Waals surface area contributed by atoms with Gasteiger partial charge in [-0.25, -0.2) is 0 Å². The number of benzene rings is 1. The van der Waals surface area contributed by atoms with Crippen molar-refractivity contribution in [2.24, 2.45) is 5.92 Å². The van der Waals surface area contributed by atoms with Crippen molar-refractivity contribution in [3.63, 3.8) is 0 Å².